The molecule has 0 aliphatic carbocycles. The van der Waals surface area contributed by atoms with Gasteiger partial charge in [0.05, 0.1) is 43.7 Å². The first kappa shape index (κ1) is 67.5. The van der Waals surface area contributed by atoms with Crippen LogP contribution in [0.4, 0.5) is 0 Å². The van der Waals surface area contributed by atoms with Gasteiger partial charge in [0.2, 0.25) is 0 Å². The Bertz CT molecular complexity index is 1810. The number of carbonyl (C=O) groups is 1. The fraction of sp³-hybridized carbons (Fsp3) is 0.980. The lowest BCUT2D eigenvalue weighted by Gasteiger charge is -2.51. The van der Waals surface area contributed by atoms with Crippen molar-refractivity contribution in [3.05, 3.63) is 0 Å². The van der Waals surface area contributed by atoms with E-state index in [0.717, 1.165) is 51.4 Å². The van der Waals surface area contributed by atoms with Gasteiger partial charge in [-0.05, 0) is 47.0 Å². The van der Waals surface area contributed by atoms with E-state index >= 15 is 0 Å². The number of hydrogen-bond donors (Lipinski definition) is 16. The molecule has 6 rings (SSSR count). The largest absolute Gasteiger partial charge is 0.481 e. The summed E-state index contributed by atoms with van der Waals surface area (Å²) in [4.78, 5) is 10.9. The van der Waals surface area contributed by atoms with Crippen LogP contribution >= 0.6 is 0 Å². The van der Waals surface area contributed by atoms with Crippen LogP contribution in [-0.2, 0) is 61.6 Å². The molecule has 80 heavy (non-hydrogen) atoms. The number of unbranched alkanes of at least 4 members (excludes halogenated alkanes) is 7. The van der Waals surface area contributed by atoms with Crippen molar-refractivity contribution < 1.29 is 143 Å². The standard InChI is InChI=1S/C51H90O29/c1-6-7-15-24(16-13-11-9-8-10-12-14-17-27(54)55)73-49-43(35(63)30(58)22(4)71-49)80-51-45(37(65)32(60)26(19-53)75-51)79-48-40(68)42(41(23(5)72-48)76-46-38(66)33(61)28(56)20(2)69-46)77-50-44(36(64)31(59)25(18-52)74-50)78-47-39(67)34(62)29(57)21(3)70-47/h20-26,28-53,56-68H,6-19H2,1-5H3,(H,54,55)/t20-,21+,22-,23+,24-,25+,26-,28+,29+,30-,31+,32-,33+,34-,35+,36-,37+,38-,39+,40-,41+,42+,43-,44+,45-,46+,47-,48+,49+,50-,51+/m1/s1. The lowest BCUT2D eigenvalue weighted by Crippen LogP contribution is -2.69. The minimum absolute atomic E-state index is 0.129. The molecular formula is C51H90O29. The molecule has 0 spiro atoms. The van der Waals surface area contributed by atoms with Gasteiger partial charge in [-0.2, -0.15) is 0 Å². The van der Waals surface area contributed by atoms with E-state index in [1.807, 2.05) is 6.92 Å². The second-order valence-electron chi connectivity index (χ2n) is 22.0. The summed E-state index contributed by atoms with van der Waals surface area (Å²) in [5.74, 6) is -0.824. The molecule has 6 heterocycles. The Morgan fingerprint density at radius 1 is 0.375 bits per heavy atom. The van der Waals surface area contributed by atoms with Crippen molar-refractivity contribution in [3.63, 3.8) is 0 Å². The summed E-state index contributed by atoms with van der Waals surface area (Å²) in [5, 5.41) is 174. The number of hydrogen-bond acceptors (Lipinski definition) is 28. The quantitative estimate of drug-likeness (QED) is 0.0343. The number of rotatable bonds is 27. The highest BCUT2D eigenvalue weighted by Crippen LogP contribution is 2.39. The Kier molecular flexibility index (Phi) is 26.3. The molecule has 0 bridgehead atoms. The first-order valence-corrected chi connectivity index (χ1v) is 28.1. The van der Waals surface area contributed by atoms with Crippen LogP contribution in [0.5, 0.6) is 0 Å². The van der Waals surface area contributed by atoms with Crippen LogP contribution in [0, 0.1) is 0 Å². The maximum absolute atomic E-state index is 12.4. The summed E-state index contributed by atoms with van der Waals surface area (Å²) in [6, 6.07) is 0. The Hall–Kier alpha value is -1.61. The van der Waals surface area contributed by atoms with Crippen molar-refractivity contribution in [3.8, 4) is 0 Å². The zero-order chi connectivity index (χ0) is 58.9. The van der Waals surface area contributed by atoms with E-state index in [4.69, 9.17) is 61.9 Å². The third-order valence-electron chi connectivity index (χ3n) is 15.9. The predicted octanol–water partition coefficient (Wildman–Crippen LogP) is -4.81. The maximum atomic E-state index is 12.4. The molecule has 6 fully saturated rings. The van der Waals surface area contributed by atoms with Crippen molar-refractivity contribution in [2.75, 3.05) is 13.2 Å². The first-order valence-electron chi connectivity index (χ1n) is 28.1. The third kappa shape index (κ3) is 16.5. The zero-order valence-electron chi connectivity index (χ0n) is 45.8. The van der Waals surface area contributed by atoms with E-state index in [0.29, 0.717) is 19.3 Å². The number of carboxylic acid groups (broad SMARTS) is 1. The molecule has 29 nitrogen and oxygen atoms in total. The lowest BCUT2D eigenvalue weighted by molar-refractivity contribution is -0.414. The van der Waals surface area contributed by atoms with Crippen LogP contribution in [0.15, 0.2) is 0 Å². The fourth-order valence-electron chi connectivity index (χ4n) is 10.8. The van der Waals surface area contributed by atoms with Crippen LogP contribution in [0.1, 0.15) is 112 Å². The molecule has 0 amide bonds. The van der Waals surface area contributed by atoms with Gasteiger partial charge < -0.3 is 139 Å². The van der Waals surface area contributed by atoms with Gasteiger partial charge in [0.1, 0.15) is 122 Å². The Morgan fingerprint density at radius 3 is 1.21 bits per heavy atom. The molecule has 16 N–H and O–H groups in total. The van der Waals surface area contributed by atoms with Gasteiger partial charge in [0.15, 0.2) is 37.7 Å². The first-order chi connectivity index (χ1) is 37.9. The Morgan fingerprint density at radius 2 is 0.738 bits per heavy atom. The molecule has 6 saturated heterocycles. The van der Waals surface area contributed by atoms with Crippen molar-refractivity contribution in [2.45, 2.75) is 302 Å². The zero-order valence-corrected chi connectivity index (χ0v) is 45.8. The van der Waals surface area contributed by atoms with Gasteiger partial charge in [-0.1, -0.05) is 58.3 Å². The molecule has 468 valence electrons. The molecule has 0 aromatic carbocycles. The molecule has 29 heteroatoms. The molecule has 6 aliphatic heterocycles. The van der Waals surface area contributed by atoms with Crippen molar-refractivity contribution >= 4 is 5.97 Å². The van der Waals surface area contributed by atoms with E-state index in [1.54, 1.807) is 0 Å². The summed E-state index contributed by atoms with van der Waals surface area (Å²) in [5.41, 5.74) is 0. The molecule has 0 aromatic rings. The topological polar surface area (TPSA) is 452 Å². The fourth-order valence-corrected chi connectivity index (χ4v) is 10.8. The normalized spacial score (nSPS) is 47.0. The van der Waals surface area contributed by atoms with Crippen molar-refractivity contribution in [1.82, 2.24) is 0 Å². The highest BCUT2D eigenvalue weighted by atomic mass is 16.8. The van der Waals surface area contributed by atoms with Gasteiger partial charge in [-0.15, -0.1) is 0 Å². The molecule has 31 atom stereocenters. The number of aliphatic hydroxyl groups excluding tert-OH is 15. The number of ether oxygens (including phenoxy) is 12. The molecule has 6 aliphatic rings. The summed E-state index contributed by atoms with van der Waals surface area (Å²) in [6.45, 7) is 5.76. The Labute approximate surface area is 463 Å². The van der Waals surface area contributed by atoms with Gasteiger partial charge in [0, 0.05) is 6.42 Å². The summed E-state index contributed by atoms with van der Waals surface area (Å²) < 4.78 is 72.9. The van der Waals surface area contributed by atoms with Crippen molar-refractivity contribution in [1.29, 1.82) is 0 Å². The van der Waals surface area contributed by atoms with E-state index in [9.17, 15) is 81.4 Å². The second-order valence-corrected chi connectivity index (χ2v) is 22.0. The molecule has 0 radical (unpaired) electrons. The summed E-state index contributed by atoms with van der Waals surface area (Å²) >= 11 is 0. The smallest absolute Gasteiger partial charge is 0.303 e. The highest BCUT2D eigenvalue weighted by molar-refractivity contribution is 5.66. The summed E-state index contributed by atoms with van der Waals surface area (Å²) in [7, 11) is 0. The van der Waals surface area contributed by atoms with Crippen LogP contribution in [0.2, 0.25) is 0 Å². The van der Waals surface area contributed by atoms with E-state index in [-0.39, 0.29) is 6.42 Å². The molecule has 0 saturated carbocycles. The molecular weight excluding hydrogens is 1080 g/mol. The highest BCUT2D eigenvalue weighted by Gasteiger charge is 2.58. The van der Waals surface area contributed by atoms with Crippen molar-refractivity contribution in [2.24, 2.45) is 0 Å². The van der Waals surface area contributed by atoms with Crippen LogP contribution in [0.25, 0.3) is 0 Å². The number of aliphatic hydroxyl groups is 15. The summed E-state index contributed by atoms with van der Waals surface area (Å²) in [6.07, 6.45) is -43.9. The van der Waals surface area contributed by atoms with Gasteiger partial charge in [-0.3, -0.25) is 4.79 Å². The van der Waals surface area contributed by atoms with E-state index in [2.05, 4.69) is 0 Å². The van der Waals surface area contributed by atoms with Crippen LogP contribution in [-0.4, -0.2) is 291 Å². The van der Waals surface area contributed by atoms with E-state index < -0.39 is 210 Å². The lowest BCUT2D eigenvalue weighted by atomic mass is 9.95. The predicted molar refractivity (Wildman–Crippen MR) is 265 cm³/mol. The van der Waals surface area contributed by atoms with Gasteiger partial charge in [-0.25, -0.2) is 0 Å². The van der Waals surface area contributed by atoms with Gasteiger partial charge >= 0.3 is 5.97 Å². The average molecular weight is 1170 g/mol. The molecule has 0 aromatic heterocycles. The number of aliphatic carboxylic acids is 1. The van der Waals surface area contributed by atoms with E-state index in [1.165, 1.54) is 27.7 Å². The SMILES string of the molecule is CCCC[C@H](CCCCCCCCCC(=O)O)O[C@@H]1O[C@H](C)[C@@H](O)[C@H](O)[C@H]1O[C@@H]1O[C@H](CO)[C@@H](O)[C@H](O)[C@H]1O[C@@H]1O[C@@H](C)[C@H](O[C@@H]2O[C@H](C)[C@H](O)[C@H](O)[C@H]2O)[C@@H](O[C@H]2O[C@@H](CO)[C@H](O)[C@@H](O)[C@@H]2O[C@H]2O[C@@H](C)[C@H](O)[C@@H](O)[C@@H]2O)[C@H]1O. The monoisotopic (exact) mass is 1170 g/mol. The minimum atomic E-state index is -2.20. The Balaban J connectivity index is 1.28. The average Bonchev–Trinajstić information content (AvgIpc) is 3.42. The van der Waals surface area contributed by atoms with Gasteiger partial charge in [0.25, 0.3) is 0 Å². The van der Waals surface area contributed by atoms with Crippen LogP contribution in [0.3, 0.4) is 0 Å². The van der Waals surface area contributed by atoms with Crippen LogP contribution < -0.4 is 0 Å². The molecule has 0 unspecified atom stereocenters. The second kappa shape index (κ2) is 31.2. The minimum Gasteiger partial charge on any atom is -0.481 e. The number of carboxylic acids is 1. The third-order valence-corrected chi connectivity index (χ3v) is 15.9. The maximum Gasteiger partial charge on any atom is 0.303 e.